The van der Waals surface area contributed by atoms with E-state index in [1.54, 1.807) is 36.7 Å². The first-order valence-corrected chi connectivity index (χ1v) is 7.51. The molecule has 0 saturated heterocycles. The van der Waals surface area contributed by atoms with Crippen molar-refractivity contribution >= 4 is 23.4 Å². The molecule has 0 spiro atoms. The van der Waals surface area contributed by atoms with Gasteiger partial charge in [0, 0.05) is 18.1 Å². The average Bonchev–Trinajstić information content (AvgIpc) is 3.05. The summed E-state index contributed by atoms with van der Waals surface area (Å²) in [6, 6.07) is 14.2. The fourth-order valence-corrected chi connectivity index (χ4v) is 2.62. The Labute approximate surface area is 136 Å². The molecular weight excluding hydrogens is 310 g/mol. The van der Waals surface area contributed by atoms with Gasteiger partial charge >= 0.3 is 0 Å². The highest BCUT2D eigenvalue weighted by molar-refractivity contribution is 7.99. The maximum atomic E-state index is 12.1. The Morgan fingerprint density at radius 2 is 2.00 bits per heavy atom. The molecule has 0 aliphatic carbocycles. The van der Waals surface area contributed by atoms with E-state index in [0.29, 0.717) is 17.1 Å². The molecular formula is C16H11N5OS. The molecule has 0 aromatic carbocycles. The largest absolute Gasteiger partial charge is 0.342 e. The molecule has 0 unspecified atom stereocenters. The van der Waals surface area contributed by atoms with E-state index in [-0.39, 0.29) is 5.91 Å². The molecule has 3 aromatic heterocycles. The third-order valence-electron chi connectivity index (χ3n) is 2.89. The highest BCUT2D eigenvalue weighted by atomic mass is 32.2. The van der Waals surface area contributed by atoms with Gasteiger partial charge in [-0.05, 0) is 36.4 Å². The number of amides is 1. The number of rotatable bonds is 4. The Hall–Kier alpha value is -3.11. The fourth-order valence-electron chi connectivity index (χ4n) is 1.85. The van der Waals surface area contributed by atoms with Crippen LogP contribution in [0.15, 0.2) is 64.9 Å². The number of hydrogen-bond acceptors (Lipinski definition) is 5. The summed E-state index contributed by atoms with van der Waals surface area (Å²) in [6.07, 6.45) is 3.34. The highest BCUT2D eigenvalue weighted by Crippen LogP contribution is 2.25. The quantitative estimate of drug-likeness (QED) is 0.770. The van der Waals surface area contributed by atoms with E-state index in [2.05, 4.69) is 20.3 Å². The van der Waals surface area contributed by atoms with Crippen molar-refractivity contribution < 1.29 is 4.79 Å². The van der Waals surface area contributed by atoms with E-state index in [0.717, 1.165) is 10.1 Å². The predicted molar refractivity (Wildman–Crippen MR) is 86.1 cm³/mol. The first-order chi connectivity index (χ1) is 11.2. The maximum Gasteiger partial charge on any atom is 0.272 e. The van der Waals surface area contributed by atoms with Crippen LogP contribution in [-0.2, 0) is 0 Å². The van der Waals surface area contributed by atoms with Gasteiger partial charge in [-0.3, -0.25) is 4.79 Å². The van der Waals surface area contributed by atoms with Gasteiger partial charge < -0.3 is 10.3 Å². The molecule has 0 aliphatic heterocycles. The lowest BCUT2D eigenvalue weighted by Gasteiger charge is -2.05. The predicted octanol–water partition coefficient (Wildman–Crippen LogP) is 3.08. The third-order valence-corrected chi connectivity index (χ3v) is 3.77. The molecule has 0 aliphatic rings. The zero-order chi connectivity index (χ0) is 16.1. The number of H-pyrrole nitrogens is 1. The summed E-state index contributed by atoms with van der Waals surface area (Å²) in [6.45, 7) is 0. The summed E-state index contributed by atoms with van der Waals surface area (Å²) >= 11 is 1.41. The number of carbonyl (C=O) groups is 1. The van der Waals surface area contributed by atoms with Crippen molar-refractivity contribution in [1.82, 2.24) is 15.0 Å². The molecule has 3 heterocycles. The topological polar surface area (TPSA) is 94.5 Å². The molecule has 3 rings (SSSR count). The number of pyridine rings is 2. The van der Waals surface area contributed by atoms with Crippen molar-refractivity contribution in [3.05, 3.63) is 66.2 Å². The number of nitriles is 1. The molecule has 0 atom stereocenters. The summed E-state index contributed by atoms with van der Waals surface area (Å²) in [4.78, 5) is 23.3. The number of aromatic nitrogens is 3. The van der Waals surface area contributed by atoms with Gasteiger partial charge in [-0.15, -0.1) is 0 Å². The van der Waals surface area contributed by atoms with Gasteiger partial charge in [-0.1, -0.05) is 17.8 Å². The van der Waals surface area contributed by atoms with Crippen molar-refractivity contribution in [2.24, 2.45) is 0 Å². The minimum atomic E-state index is -0.313. The van der Waals surface area contributed by atoms with Crippen molar-refractivity contribution in [1.29, 1.82) is 5.26 Å². The number of nitrogens with one attached hydrogen (secondary N) is 2. The molecule has 0 saturated carbocycles. The Morgan fingerprint density at radius 3 is 2.74 bits per heavy atom. The molecule has 1 amide bonds. The van der Waals surface area contributed by atoms with Gasteiger partial charge in [0.2, 0.25) is 0 Å². The Bertz CT molecular complexity index is 869. The standard InChI is InChI=1S/C16H11N5OS/c17-10-12-4-5-13(20-12)16(22)21-11-6-8-19-15(9-11)23-14-3-1-2-7-18-14/h1-9,20H,(H,19,21,22). The van der Waals surface area contributed by atoms with E-state index >= 15 is 0 Å². The minimum absolute atomic E-state index is 0.313. The summed E-state index contributed by atoms with van der Waals surface area (Å²) in [5.74, 6) is -0.313. The smallest absolute Gasteiger partial charge is 0.272 e. The number of nitrogens with zero attached hydrogens (tertiary/aromatic N) is 3. The summed E-state index contributed by atoms with van der Waals surface area (Å²) < 4.78 is 0. The van der Waals surface area contributed by atoms with Crippen LogP contribution < -0.4 is 5.32 Å². The van der Waals surface area contributed by atoms with Crippen LogP contribution in [0.5, 0.6) is 0 Å². The Morgan fingerprint density at radius 1 is 1.13 bits per heavy atom. The first kappa shape index (κ1) is 14.8. The highest BCUT2D eigenvalue weighted by Gasteiger charge is 2.09. The van der Waals surface area contributed by atoms with Crippen LogP contribution in [-0.4, -0.2) is 20.9 Å². The lowest BCUT2D eigenvalue weighted by molar-refractivity contribution is 0.102. The maximum absolute atomic E-state index is 12.1. The van der Waals surface area contributed by atoms with E-state index < -0.39 is 0 Å². The van der Waals surface area contributed by atoms with Crippen molar-refractivity contribution in [3.63, 3.8) is 0 Å². The van der Waals surface area contributed by atoms with Gasteiger partial charge in [-0.2, -0.15) is 5.26 Å². The number of hydrogen-bond donors (Lipinski definition) is 2. The molecule has 0 bridgehead atoms. The second-order valence-corrected chi connectivity index (χ2v) is 5.55. The van der Waals surface area contributed by atoms with Crippen LogP contribution in [0.4, 0.5) is 5.69 Å². The van der Waals surface area contributed by atoms with Gasteiger partial charge in [0.15, 0.2) is 0 Å². The molecule has 112 valence electrons. The van der Waals surface area contributed by atoms with E-state index in [4.69, 9.17) is 5.26 Å². The first-order valence-electron chi connectivity index (χ1n) is 6.70. The molecule has 23 heavy (non-hydrogen) atoms. The summed E-state index contributed by atoms with van der Waals surface area (Å²) in [5.41, 5.74) is 1.30. The number of aromatic amines is 1. The van der Waals surface area contributed by atoms with Crippen molar-refractivity contribution in [2.75, 3.05) is 5.32 Å². The normalized spacial score (nSPS) is 10.0. The van der Waals surface area contributed by atoms with Gasteiger partial charge in [0.1, 0.15) is 27.5 Å². The second kappa shape index (κ2) is 6.77. The monoisotopic (exact) mass is 321 g/mol. The third kappa shape index (κ3) is 3.75. The number of carbonyl (C=O) groups excluding carboxylic acids is 1. The van der Waals surface area contributed by atoms with E-state index in [9.17, 15) is 4.79 Å². The molecule has 3 aromatic rings. The van der Waals surface area contributed by atoms with Gasteiger partial charge in [-0.25, -0.2) is 9.97 Å². The van der Waals surface area contributed by atoms with Crippen LogP contribution in [0.3, 0.4) is 0 Å². The Balaban J connectivity index is 1.72. The molecule has 7 heteroatoms. The summed E-state index contributed by atoms with van der Waals surface area (Å²) in [7, 11) is 0. The van der Waals surface area contributed by atoms with Gasteiger partial charge in [0.25, 0.3) is 5.91 Å². The zero-order valence-corrected chi connectivity index (χ0v) is 12.7. The van der Waals surface area contributed by atoms with Crippen LogP contribution in [0.25, 0.3) is 0 Å². The average molecular weight is 321 g/mol. The van der Waals surface area contributed by atoms with Crippen LogP contribution in [0.2, 0.25) is 0 Å². The van der Waals surface area contributed by atoms with E-state index in [1.165, 1.54) is 11.8 Å². The lowest BCUT2D eigenvalue weighted by atomic mass is 10.3. The second-order valence-electron chi connectivity index (χ2n) is 4.50. The van der Waals surface area contributed by atoms with Crippen LogP contribution >= 0.6 is 11.8 Å². The van der Waals surface area contributed by atoms with E-state index in [1.807, 2.05) is 24.3 Å². The number of anilines is 1. The Kier molecular flexibility index (Phi) is 4.36. The van der Waals surface area contributed by atoms with Crippen molar-refractivity contribution in [3.8, 4) is 6.07 Å². The molecule has 6 nitrogen and oxygen atoms in total. The molecule has 2 N–H and O–H groups in total. The summed E-state index contributed by atoms with van der Waals surface area (Å²) in [5, 5.41) is 13.1. The zero-order valence-electron chi connectivity index (χ0n) is 11.9. The SMILES string of the molecule is N#Cc1ccc(C(=O)Nc2ccnc(Sc3ccccn3)c2)[nH]1. The molecule has 0 fully saturated rings. The fraction of sp³-hybridized carbons (Fsp3) is 0. The lowest BCUT2D eigenvalue weighted by Crippen LogP contribution is -2.12. The van der Waals surface area contributed by atoms with Gasteiger partial charge in [0.05, 0.1) is 0 Å². The van der Waals surface area contributed by atoms with Crippen molar-refractivity contribution in [2.45, 2.75) is 10.1 Å². The van der Waals surface area contributed by atoms with Crippen LogP contribution in [0.1, 0.15) is 16.2 Å². The minimum Gasteiger partial charge on any atom is -0.342 e. The van der Waals surface area contributed by atoms with Crippen LogP contribution in [0, 0.1) is 11.3 Å². The molecule has 0 radical (unpaired) electrons.